The van der Waals surface area contributed by atoms with Crippen molar-refractivity contribution in [2.24, 2.45) is 0 Å². The van der Waals surface area contributed by atoms with Gasteiger partial charge in [-0.2, -0.15) is 0 Å². The number of anilines is 1. The van der Waals surface area contributed by atoms with Crippen LogP contribution in [0.25, 0.3) is 11.4 Å². The summed E-state index contributed by atoms with van der Waals surface area (Å²) in [4.78, 5) is 21.7. The SMILES string of the molecule is O=C(NCc1ccccc1)c1cc(NC2CC2)nc(-c2ccccc2)n1. The predicted molar refractivity (Wildman–Crippen MR) is 102 cm³/mol. The van der Waals surface area contributed by atoms with Crippen molar-refractivity contribution in [2.75, 3.05) is 5.32 Å². The van der Waals surface area contributed by atoms with Gasteiger partial charge >= 0.3 is 0 Å². The molecule has 1 aliphatic rings. The average molecular weight is 344 g/mol. The molecule has 0 aliphatic heterocycles. The highest BCUT2D eigenvalue weighted by Gasteiger charge is 2.22. The van der Waals surface area contributed by atoms with Gasteiger partial charge in [0.05, 0.1) is 0 Å². The minimum atomic E-state index is -0.202. The van der Waals surface area contributed by atoms with Crippen LogP contribution in [0, 0.1) is 0 Å². The van der Waals surface area contributed by atoms with Crippen molar-refractivity contribution in [2.45, 2.75) is 25.4 Å². The van der Waals surface area contributed by atoms with E-state index in [4.69, 9.17) is 0 Å². The lowest BCUT2D eigenvalue weighted by atomic mass is 10.2. The maximum absolute atomic E-state index is 12.6. The first-order valence-electron chi connectivity index (χ1n) is 8.81. The largest absolute Gasteiger partial charge is 0.367 e. The average Bonchev–Trinajstić information content (AvgIpc) is 3.51. The topological polar surface area (TPSA) is 66.9 Å². The number of hydrogen-bond donors (Lipinski definition) is 2. The predicted octanol–water partition coefficient (Wildman–Crippen LogP) is 3.65. The number of rotatable bonds is 6. The Balaban J connectivity index is 1.58. The Morgan fingerprint density at radius 1 is 0.962 bits per heavy atom. The fourth-order valence-corrected chi connectivity index (χ4v) is 2.66. The lowest BCUT2D eigenvalue weighted by molar-refractivity contribution is 0.0946. The summed E-state index contributed by atoms with van der Waals surface area (Å²) < 4.78 is 0. The highest BCUT2D eigenvalue weighted by atomic mass is 16.1. The van der Waals surface area contributed by atoms with Crippen LogP contribution < -0.4 is 10.6 Å². The second-order valence-corrected chi connectivity index (χ2v) is 6.41. The number of nitrogens with zero attached hydrogens (tertiary/aromatic N) is 2. The first-order valence-corrected chi connectivity index (χ1v) is 8.81. The van der Waals surface area contributed by atoms with Gasteiger partial charge in [-0.3, -0.25) is 4.79 Å². The summed E-state index contributed by atoms with van der Waals surface area (Å²) in [7, 11) is 0. The summed E-state index contributed by atoms with van der Waals surface area (Å²) in [6, 6.07) is 21.7. The molecule has 1 aromatic heterocycles. The minimum absolute atomic E-state index is 0.202. The highest BCUT2D eigenvalue weighted by molar-refractivity contribution is 5.93. The lowest BCUT2D eigenvalue weighted by Gasteiger charge is -2.10. The van der Waals surface area contributed by atoms with Gasteiger partial charge in [0.25, 0.3) is 5.91 Å². The third-order valence-corrected chi connectivity index (χ3v) is 4.22. The Kier molecular flexibility index (Phi) is 4.60. The van der Waals surface area contributed by atoms with Gasteiger partial charge in [-0.25, -0.2) is 9.97 Å². The van der Waals surface area contributed by atoms with Crippen molar-refractivity contribution in [1.29, 1.82) is 0 Å². The van der Waals surface area contributed by atoms with Crippen LogP contribution in [0.1, 0.15) is 28.9 Å². The molecule has 5 heteroatoms. The molecule has 0 bridgehead atoms. The van der Waals surface area contributed by atoms with E-state index in [1.54, 1.807) is 6.07 Å². The first-order chi connectivity index (χ1) is 12.8. The van der Waals surface area contributed by atoms with Crippen LogP contribution >= 0.6 is 0 Å². The molecule has 0 radical (unpaired) electrons. The lowest BCUT2D eigenvalue weighted by Crippen LogP contribution is -2.24. The Morgan fingerprint density at radius 3 is 2.35 bits per heavy atom. The molecule has 130 valence electrons. The molecule has 1 aliphatic carbocycles. The highest BCUT2D eigenvalue weighted by Crippen LogP contribution is 2.25. The molecule has 1 amide bonds. The summed E-state index contributed by atoms with van der Waals surface area (Å²) in [6.07, 6.45) is 2.28. The maximum atomic E-state index is 12.6. The van der Waals surface area contributed by atoms with Gasteiger partial charge in [-0.15, -0.1) is 0 Å². The Bertz CT molecular complexity index is 892. The Hall–Kier alpha value is -3.21. The summed E-state index contributed by atoms with van der Waals surface area (Å²) in [5.74, 6) is 1.06. The van der Waals surface area contributed by atoms with Crippen molar-refractivity contribution in [1.82, 2.24) is 15.3 Å². The van der Waals surface area contributed by atoms with Crippen molar-refractivity contribution >= 4 is 11.7 Å². The van der Waals surface area contributed by atoms with Crippen LogP contribution in [0.5, 0.6) is 0 Å². The first kappa shape index (κ1) is 16.3. The van der Waals surface area contributed by atoms with Crippen LogP contribution in [-0.2, 0) is 6.54 Å². The van der Waals surface area contributed by atoms with Crippen molar-refractivity contribution in [3.8, 4) is 11.4 Å². The fraction of sp³-hybridized carbons (Fsp3) is 0.190. The molecule has 1 heterocycles. The number of benzene rings is 2. The third-order valence-electron chi connectivity index (χ3n) is 4.22. The molecule has 4 rings (SSSR count). The van der Waals surface area contributed by atoms with Crippen molar-refractivity contribution < 1.29 is 4.79 Å². The van der Waals surface area contributed by atoms with Gasteiger partial charge in [0.2, 0.25) is 0 Å². The Labute approximate surface area is 152 Å². The molecule has 1 fully saturated rings. The van der Waals surface area contributed by atoms with Gasteiger partial charge in [0.1, 0.15) is 11.5 Å². The van der Waals surface area contributed by atoms with Crippen LogP contribution in [0.15, 0.2) is 66.7 Å². The van der Waals surface area contributed by atoms with Gasteiger partial charge in [-0.05, 0) is 18.4 Å². The van der Waals surface area contributed by atoms with Crippen LogP contribution in [0.3, 0.4) is 0 Å². The second-order valence-electron chi connectivity index (χ2n) is 6.41. The van der Waals surface area contributed by atoms with E-state index < -0.39 is 0 Å². The molecular weight excluding hydrogens is 324 g/mol. The van der Waals surface area contributed by atoms with Crippen LogP contribution in [0.2, 0.25) is 0 Å². The van der Waals surface area contributed by atoms with E-state index >= 15 is 0 Å². The number of nitrogens with one attached hydrogen (secondary N) is 2. The maximum Gasteiger partial charge on any atom is 0.270 e. The molecule has 1 saturated carbocycles. The summed E-state index contributed by atoms with van der Waals surface area (Å²) >= 11 is 0. The van der Waals surface area contributed by atoms with E-state index in [9.17, 15) is 4.79 Å². The number of hydrogen-bond acceptors (Lipinski definition) is 4. The smallest absolute Gasteiger partial charge is 0.270 e. The summed E-state index contributed by atoms with van der Waals surface area (Å²) in [6.45, 7) is 0.468. The van der Waals surface area contributed by atoms with E-state index in [1.807, 2.05) is 60.7 Å². The number of aromatic nitrogens is 2. The molecule has 0 spiro atoms. The standard InChI is InChI=1S/C21H20N4O/c26-21(22-14-15-7-3-1-4-8-15)18-13-19(23-17-11-12-17)25-20(24-18)16-9-5-2-6-10-16/h1-10,13,17H,11-12,14H2,(H,22,26)(H,23,24,25). The summed E-state index contributed by atoms with van der Waals surface area (Å²) in [5.41, 5.74) is 2.32. The van der Waals surface area contributed by atoms with Crippen LogP contribution in [0.4, 0.5) is 5.82 Å². The molecule has 0 unspecified atom stereocenters. The van der Waals surface area contributed by atoms with E-state index in [0.717, 1.165) is 24.0 Å². The molecule has 0 saturated heterocycles. The summed E-state index contributed by atoms with van der Waals surface area (Å²) in [5, 5.41) is 6.30. The van der Waals surface area contributed by atoms with E-state index in [2.05, 4.69) is 20.6 Å². The zero-order valence-electron chi connectivity index (χ0n) is 14.4. The number of amides is 1. The zero-order chi connectivity index (χ0) is 17.8. The monoisotopic (exact) mass is 344 g/mol. The second kappa shape index (κ2) is 7.35. The van der Waals surface area contributed by atoms with E-state index in [1.165, 1.54) is 0 Å². The molecule has 2 N–H and O–H groups in total. The zero-order valence-corrected chi connectivity index (χ0v) is 14.4. The molecule has 0 atom stereocenters. The molecule has 2 aromatic carbocycles. The number of carbonyl (C=O) groups excluding carboxylic acids is 1. The minimum Gasteiger partial charge on any atom is -0.367 e. The Morgan fingerprint density at radius 2 is 1.65 bits per heavy atom. The molecule has 5 nitrogen and oxygen atoms in total. The van der Waals surface area contributed by atoms with E-state index in [0.29, 0.717) is 29.9 Å². The van der Waals surface area contributed by atoms with E-state index in [-0.39, 0.29) is 5.91 Å². The van der Waals surface area contributed by atoms with Crippen molar-refractivity contribution in [3.63, 3.8) is 0 Å². The number of carbonyl (C=O) groups is 1. The fourth-order valence-electron chi connectivity index (χ4n) is 2.66. The van der Waals surface area contributed by atoms with Gasteiger partial charge in [0, 0.05) is 24.2 Å². The third kappa shape index (κ3) is 4.06. The normalized spacial score (nSPS) is 13.2. The molecule has 26 heavy (non-hydrogen) atoms. The van der Waals surface area contributed by atoms with Gasteiger partial charge in [-0.1, -0.05) is 60.7 Å². The molecule has 3 aromatic rings. The van der Waals surface area contributed by atoms with Gasteiger partial charge < -0.3 is 10.6 Å². The molecular formula is C21H20N4O. The van der Waals surface area contributed by atoms with Crippen molar-refractivity contribution in [3.05, 3.63) is 78.0 Å². The van der Waals surface area contributed by atoms with Gasteiger partial charge in [0.15, 0.2) is 5.82 Å². The van der Waals surface area contributed by atoms with Crippen LogP contribution in [-0.4, -0.2) is 21.9 Å². The quantitative estimate of drug-likeness (QED) is 0.716.